The molecule has 2 rings (SSSR count). The molecule has 0 heterocycles. The maximum Gasteiger partial charge on any atom is 0.223 e. The van der Waals surface area contributed by atoms with Crippen LogP contribution in [0.3, 0.4) is 0 Å². The average molecular weight is 238 g/mol. The van der Waals surface area contributed by atoms with Crippen molar-refractivity contribution in [3.63, 3.8) is 0 Å². The number of carbonyl (C=O) groups is 1. The predicted molar refractivity (Wildman–Crippen MR) is 69.5 cm³/mol. The second-order valence-electron chi connectivity index (χ2n) is 6.71. The van der Waals surface area contributed by atoms with E-state index in [1.807, 2.05) is 0 Å². The van der Waals surface area contributed by atoms with Gasteiger partial charge in [-0.05, 0) is 43.1 Å². The first-order chi connectivity index (χ1) is 7.99. The van der Waals surface area contributed by atoms with Crippen LogP contribution in [0.15, 0.2) is 0 Å². The molecule has 2 saturated carbocycles. The summed E-state index contributed by atoms with van der Waals surface area (Å²) in [6.07, 6.45) is 7.05. The van der Waals surface area contributed by atoms with Gasteiger partial charge in [0.2, 0.25) is 5.91 Å². The van der Waals surface area contributed by atoms with Gasteiger partial charge in [0.25, 0.3) is 0 Å². The molecule has 0 spiro atoms. The second-order valence-corrected chi connectivity index (χ2v) is 6.71. The Bertz CT molecular complexity index is 295. The monoisotopic (exact) mass is 238 g/mol. The summed E-state index contributed by atoms with van der Waals surface area (Å²) < 4.78 is 0. The van der Waals surface area contributed by atoms with E-state index in [-0.39, 0.29) is 22.7 Å². The zero-order valence-electron chi connectivity index (χ0n) is 11.2. The third-order valence-corrected chi connectivity index (χ3v) is 4.85. The minimum absolute atomic E-state index is 0.168. The molecule has 0 saturated heterocycles. The van der Waals surface area contributed by atoms with E-state index < -0.39 is 0 Å². The highest BCUT2D eigenvalue weighted by Gasteiger charge is 2.43. The van der Waals surface area contributed by atoms with Crippen molar-refractivity contribution in [1.82, 2.24) is 5.32 Å². The molecule has 3 nitrogen and oxygen atoms in total. The highest BCUT2D eigenvalue weighted by Crippen LogP contribution is 2.44. The van der Waals surface area contributed by atoms with Crippen molar-refractivity contribution in [3.8, 4) is 0 Å². The minimum atomic E-state index is 0.168. The van der Waals surface area contributed by atoms with Crippen LogP contribution in [-0.4, -0.2) is 19.0 Å². The lowest BCUT2D eigenvalue weighted by molar-refractivity contribution is -0.130. The van der Waals surface area contributed by atoms with Crippen LogP contribution in [0.5, 0.6) is 0 Å². The van der Waals surface area contributed by atoms with Crippen molar-refractivity contribution in [2.45, 2.75) is 52.4 Å². The lowest BCUT2D eigenvalue weighted by Gasteiger charge is -2.37. The molecule has 0 aliphatic heterocycles. The molecule has 1 atom stereocenters. The fraction of sp³-hybridized carbons (Fsp3) is 0.929. The third kappa shape index (κ3) is 2.82. The minimum Gasteiger partial charge on any atom is -0.355 e. The van der Waals surface area contributed by atoms with E-state index in [1.54, 1.807) is 0 Å². The summed E-state index contributed by atoms with van der Waals surface area (Å²) in [5.74, 6) is 0.458. The van der Waals surface area contributed by atoms with Crippen molar-refractivity contribution < 1.29 is 4.79 Å². The van der Waals surface area contributed by atoms with E-state index in [0.29, 0.717) is 6.54 Å². The quantitative estimate of drug-likeness (QED) is 0.787. The Kier molecular flexibility index (Phi) is 3.48. The standard InChI is InChI=1S/C14H26N2O/c1-13(2)6-4-3-5-11(13)12(17)16-10-14(9-15)7-8-14/h11H,3-10,15H2,1-2H3,(H,16,17). The molecule has 1 amide bonds. The number of nitrogens with one attached hydrogen (secondary N) is 1. The molecule has 98 valence electrons. The molecule has 0 aromatic rings. The molecular weight excluding hydrogens is 212 g/mol. The number of nitrogens with two attached hydrogens (primary N) is 1. The van der Waals surface area contributed by atoms with Crippen molar-refractivity contribution in [2.24, 2.45) is 22.5 Å². The van der Waals surface area contributed by atoms with E-state index in [1.165, 1.54) is 32.1 Å². The lowest BCUT2D eigenvalue weighted by atomic mass is 9.68. The molecule has 2 fully saturated rings. The zero-order valence-corrected chi connectivity index (χ0v) is 11.2. The van der Waals surface area contributed by atoms with Gasteiger partial charge in [0.05, 0.1) is 0 Å². The Morgan fingerprint density at radius 2 is 2.00 bits per heavy atom. The smallest absolute Gasteiger partial charge is 0.223 e. The molecule has 2 aliphatic carbocycles. The van der Waals surface area contributed by atoms with E-state index in [9.17, 15) is 4.79 Å². The Morgan fingerprint density at radius 1 is 1.29 bits per heavy atom. The first kappa shape index (κ1) is 12.9. The summed E-state index contributed by atoms with van der Waals surface area (Å²) in [6, 6.07) is 0. The fourth-order valence-corrected chi connectivity index (χ4v) is 3.01. The van der Waals surface area contributed by atoms with Crippen LogP contribution in [0.1, 0.15) is 52.4 Å². The fourth-order valence-electron chi connectivity index (χ4n) is 3.01. The largest absolute Gasteiger partial charge is 0.355 e. The van der Waals surface area contributed by atoms with Crippen LogP contribution in [0, 0.1) is 16.7 Å². The lowest BCUT2D eigenvalue weighted by Crippen LogP contribution is -2.43. The summed E-state index contributed by atoms with van der Waals surface area (Å²) in [7, 11) is 0. The molecule has 0 radical (unpaired) electrons. The Labute approximate surface area is 105 Å². The number of hydrogen-bond donors (Lipinski definition) is 2. The number of hydrogen-bond acceptors (Lipinski definition) is 2. The van der Waals surface area contributed by atoms with E-state index in [4.69, 9.17) is 5.73 Å². The Balaban J connectivity index is 1.86. The van der Waals surface area contributed by atoms with Gasteiger partial charge >= 0.3 is 0 Å². The van der Waals surface area contributed by atoms with Gasteiger partial charge in [0.15, 0.2) is 0 Å². The SMILES string of the molecule is CC1(C)CCCCC1C(=O)NCC1(CN)CC1. The molecule has 0 aromatic carbocycles. The van der Waals surface area contributed by atoms with Gasteiger partial charge in [-0.2, -0.15) is 0 Å². The second kappa shape index (κ2) is 4.60. The van der Waals surface area contributed by atoms with Gasteiger partial charge in [0, 0.05) is 12.5 Å². The maximum atomic E-state index is 12.3. The van der Waals surface area contributed by atoms with E-state index >= 15 is 0 Å². The van der Waals surface area contributed by atoms with Crippen LogP contribution < -0.4 is 11.1 Å². The summed E-state index contributed by atoms with van der Waals surface area (Å²) in [4.78, 5) is 12.3. The molecular formula is C14H26N2O. The van der Waals surface area contributed by atoms with Crippen molar-refractivity contribution in [1.29, 1.82) is 0 Å². The number of rotatable bonds is 4. The highest BCUT2D eigenvalue weighted by atomic mass is 16.1. The van der Waals surface area contributed by atoms with Crippen LogP contribution in [0.2, 0.25) is 0 Å². The third-order valence-electron chi connectivity index (χ3n) is 4.85. The van der Waals surface area contributed by atoms with Crippen molar-refractivity contribution >= 4 is 5.91 Å². The predicted octanol–water partition coefficient (Wildman–Crippen LogP) is 2.06. The highest BCUT2D eigenvalue weighted by molar-refractivity contribution is 5.79. The van der Waals surface area contributed by atoms with Crippen LogP contribution in [0.25, 0.3) is 0 Å². The first-order valence-electron chi connectivity index (χ1n) is 6.97. The van der Waals surface area contributed by atoms with Crippen LogP contribution in [0.4, 0.5) is 0 Å². The first-order valence-corrected chi connectivity index (χ1v) is 6.97. The molecule has 17 heavy (non-hydrogen) atoms. The van der Waals surface area contributed by atoms with E-state index in [2.05, 4.69) is 19.2 Å². The Morgan fingerprint density at radius 3 is 2.53 bits per heavy atom. The summed E-state index contributed by atoms with van der Waals surface area (Å²) in [6.45, 7) is 5.95. The summed E-state index contributed by atoms with van der Waals surface area (Å²) in [5, 5.41) is 3.14. The molecule has 0 bridgehead atoms. The molecule has 0 aromatic heterocycles. The molecule has 2 aliphatic rings. The van der Waals surface area contributed by atoms with Crippen LogP contribution in [-0.2, 0) is 4.79 Å². The molecule has 1 unspecified atom stereocenters. The number of carbonyl (C=O) groups excluding carboxylic acids is 1. The summed E-state index contributed by atoms with van der Waals surface area (Å²) >= 11 is 0. The Hall–Kier alpha value is -0.570. The van der Waals surface area contributed by atoms with Gasteiger partial charge in [-0.1, -0.05) is 26.7 Å². The van der Waals surface area contributed by atoms with Crippen molar-refractivity contribution in [2.75, 3.05) is 13.1 Å². The van der Waals surface area contributed by atoms with Crippen molar-refractivity contribution in [3.05, 3.63) is 0 Å². The number of amides is 1. The molecule has 3 heteroatoms. The maximum absolute atomic E-state index is 12.3. The van der Waals surface area contributed by atoms with Gasteiger partial charge in [0.1, 0.15) is 0 Å². The van der Waals surface area contributed by atoms with Gasteiger partial charge in [-0.15, -0.1) is 0 Å². The van der Waals surface area contributed by atoms with E-state index in [0.717, 1.165) is 13.0 Å². The normalized spacial score (nSPS) is 29.7. The van der Waals surface area contributed by atoms with Crippen LogP contribution >= 0.6 is 0 Å². The zero-order chi connectivity index (χ0) is 12.5. The van der Waals surface area contributed by atoms with Gasteiger partial charge in [-0.3, -0.25) is 4.79 Å². The van der Waals surface area contributed by atoms with Gasteiger partial charge in [-0.25, -0.2) is 0 Å². The topological polar surface area (TPSA) is 55.1 Å². The average Bonchev–Trinajstić information content (AvgIpc) is 3.06. The molecule has 3 N–H and O–H groups in total. The summed E-state index contributed by atoms with van der Waals surface area (Å²) in [5.41, 5.74) is 6.15. The van der Waals surface area contributed by atoms with Gasteiger partial charge < -0.3 is 11.1 Å².